The van der Waals surface area contributed by atoms with Crippen molar-refractivity contribution in [3.8, 4) is 0 Å². The van der Waals surface area contributed by atoms with Crippen molar-refractivity contribution in [2.75, 3.05) is 0 Å². The molecule has 5 rings (SSSR count). The van der Waals surface area contributed by atoms with Gasteiger partial charge in [0.25, 0.3) is 0 Å². The van der Waals surface area contributed by atoms with Gasteiger partial charge in [0.15, 0.2) is 11.6 Å². The number of benzene rings is 4. The summed E-state index contributed by atoms with van der Waals surface area (Å²) in [5.41, 5.74) is 2.03. The van der Waals surface area contributed by atoms with Gasteiger partial charge in [0.1, 0.15) is 0 Å². The highest BCUT2D eigenvalue weighted by Crippen LogP contribution is 2.34. The van der Waals surface area contributed by atoms with Gasteiger partial charge in [-0.25, -0.2) is 0 Å². The van der Waals surface area contributed by atoms with Crippen molar-refractivity contribution in [3.05, 3.63) is 95.1 Å². The highest BCUT2D eigenvalue weighted by molar-refractivity contribution is 6.33. The zero-order valence-electron chi connectivity index (χ0n) is 12.7. The van der Waals surface area contributed by atoms with E-state index in [0.29, 0.717) is 22.3 Å². The van der Waals surface area contributed by atoms with Crippen LogP contribution in [0.5, 0.6) is 0 Å². The second kappa shape index (κ2) is 4.62. The molecule has 4 aromatic rings. The van der Waals surface area contributed by atoms with Crippen molar-refractivity contribution >= 4 is 33.1 Å². The Morgan fingerprint density at radius 2 is 1.08 bits per heavy atom. The number of carbonyl (C=O) groups excluding carboxylic acids is 2. The van der Waals surface area contributed by atoms with E-state index >= 15 is 0 Å². The summed E-state index contributed by atoms with van der Waals surface area (Å²) in [5.74, 6) is -0.141. The Bertz CT molecular complexity index is 1180. The van der Waals surface area contributed by atoms with E-state index in [0.717, 1.165) is 21.5 Å². The summed E-state index contributed by atoms with van der Waals surface area (Å²) >= 11 is 0. The Hall–Kier alpha value is -3.26. The minimum Gasteiger partial charge on any atom is -0.289 e. The number of ketones is 2. The second-order valence-corrected chi connectivity index (χ2v) is 6.11. The summed E-state index contributed by atoms with van der Waals surface area (Å²) in [6.45, 7) is 0. The lowest BCUT2D eigenvalue weighted by Gasteiger charge is -2.20. The van der Waals surface area contributed by atoms with Gasteiger partial charge < -0.3 is 0 Å². The number of fused-ring (bicyclic) bond motifs is 5. The third kappa shape index (κ3) is 1.65. The van der Waals surface area contributed by atoms with Gasteiger partial charge in [0, 0.05) is 22.3 Å². The van der Waals surface area contributed by atoms with Crippen LogP contribution in [-0.4, -0.2) is 11.6 Å². The molecule has 2 nitrogen and oxygen atoms in total. The first-order valence-corrected chi connectivity index (χ1v) is 7.88. The van der Waals surface area contributed by atoms with Crippen LogP contribution in [0.4, 0.5) is 0 Å². The molecule has 0 radical (unpaired) electrons. The SMILES string of the molecule is O=C1c2cc3ccccc3cc2C(=O)c2c1ccc1ccccc21. The van der Waals surface area contributed by atoms with Crippen LogP contribution in [0, 0.1) is 0 Å². The van der Waals surface area contributed by atoms with Crippen LogP contribution in [0.25, 0.3) is 21.5 Å². The van der Waals surface area contributed by atoms with Crippen LogP contribution in [0.15, 0.2) is 72.8 Å². The molecule has 0 aromatic heterocycles. The van der Waals surface area contributed by atoms with E-state index in [1.807, 2.05) is 66.7 Å². The lowest BCUT2D eigenvalue weighted by molar-refractivity contribution is 0.0980. The van der Waals surface area contributed by atoms with Gasteiger partial charge in [-0.05, 0) is 39.7 Å². The van der Waals surface area contributed by atoms with Crippen molar-refractivity contribution in [2.45, 2.75) is 0 Å². The maximum atomic E-state index is 13.2. The molecular formula is C22H12O2. The monoisotopic (exact) mass is 308 g/mol. The predicted octanol–water partition coefficient (Wildman–Crippen LogP) is 4.77. The first-order valence-electron chi connectivity index (χ1n) is 7.88. The van der Waals surface area contributed by atoms with Gasteiger partial charge in [0.2, 0.25) is 0 Å². The third-order valence-electron chi connectivity index (χ3n) is 4.78. The number of rotatable bonds is 0. The normalized spacial score (nSPS) is 13.2. The fourth-order valence-corrected chi connectivity index (χ4v) is 3.60. The predicted molar refractivity (Wildman–Crippen MR) is 94.8 cm³/mol. The minimum absolute atomic E-state index is 0.0675. The summed E-state index contributed by atoms with van der Waals surface area (Å²) in [6, 6.07) is 22.9. The molecular weight excluding hydrogens is 296 g/mol. The average molecular weight is 308 g/mol. The van der Waals surface area contributed by atoms with Crippen molar-refractivity contribution in [1.82, 2.24) is 0 Å². The molecule has 112 valence electrons. The van der Waals surface area contributed by atoms with E-state index < -0.39 is 0 Å². The quantitative estimate of drug-likeness (QED) is 0.413. The fraction of sp³-hybridized carbons (Fsp3) is 0. The Morgan fingerprint density at radius 3 is 1.79 bits per heavy atom. The van der Waals surface area contributed by atoms with E-state index in [-0.39, 0.29) is 11.6 Å². The summed E-state index contributed by atoms with van der Waals surface area (Å²) in [5, 5.41) is 3.76. The highest BCUT2D eigenvalue weighted by atomic mass is 16.1. The van der Waals surface area contributed by atoms with Gasteiger partial charge in [-0.1, -0.05) is 54.6 Å². The van der Waals surface area contributed by atoms with Crippen molar-refractivity contribution in [2.24, 2.45) is 0 Å². The van der Waals surface area contributed by atoms with Crippen molar-refractivity contribution in [1.29, 1.82) is 0 Å². The standard InChI is InChI=1S/C22H12O2/c23-21-17-10-9-13-5-3-4-8-16(13)20(17)22(24)19-12-15-7-2-1-6-14(15)11-18(19)21/h1-12H. The maximum Gasteiger partial charge on any atom is 0.195 e. The van der Waals surface area contributed by atoms with Crippen LogP contribution in [0.1, 0.15) is 31.8 Å². The topological polar surface area (TPSA) is 34.1 Å². The molecule has 1 aliphatic carbocycles. The molecule has 0 saturated heterocycles. The first kappa shape index (κ1) is 13.2. The molecule has 0 N–H and O–H groups in total. The third-order valence-corrected chi connectivity index (χ3v) is 4.78. The summed E-state index contributed by atoms with van der Waals surface area (Å²) in [7, 11) is 0. The van der Waals surface area contributed by atoms with Crippen LogP contribution >= 0.6 is 0 Å². The molecule has 24 heavy (non-hydrogen) atoms. The van der Waals surface area contributed by atoms with Crippen LogP contribution in [0.3, 0.4) is 0 Å². The van der Waals surface area contributed by atoms with E-state index in [2.05, 4.69) is 0 Å². The number of hydrogen-bond donors (Lipinski definition) is 0. The van der Waals surface area contributed by atoms with Gasteiger partial charge in [-0.2, -0.15) is 0 Å². The molecule has 0 saturated carbocycles. The molecule has 0 fully saturated rings. The summed E-state index contributed by atoms with van der Waals surface area (Å²) < 4.78 is 0. The molecule has 1 aliphatic rings. The van der Waals surface area contributed by atoms with Crippen molar-refractivity contribution in [3.63, 3.8) is 0 Å². The van der Waals surface area contributed by atoms with Gasteiger partial charge in [-0.15, -0.1) is 0 Å². The smallest absolute Gasteiger partial charge is 0.195 e. The van der Waals surface area contributed by atoms with Crippen LogP contribution in [-0.2, 0) is 0 Å². The second-order valence-electron chi connectivity index (χ2n) is 6.11. The van der Waals surface area contributed by atoms with Gasteiger partial charge in [-0.3, -0.25) is 9.59 Å². The molecule has 0 aliphatic heterocycles. The maximum absolute atomic E-state index is 13.2. The molecule has 0 heterocycles. The van der Waals surface area contributed by atoms with Gasteiger partial charge >= 0.3 is 0 Å². The molecule has 0 unspecified atom stereocenters. The Morgan fingerprint density at radius 1 is 0.500 bits per heavy atom. The highest BCUT2D eigenvalue weighted by Gasteiger charge is 2.31. The Balaban J connectivity index is 1.89. The summed E-state index contributed by atoms with van der Waals surface area (Å²) in [6.07, 6.45) is 0. The Labute approximate surface area is 138 Å². The van der Waals surface area contributed by atoms with E-state index in [4.69, 9.17) is 0 Å². The number of hydrogen-bond acceptors (Lipinski definition) is 2. The lowest BCUT2D eigenvalue weighted by atomic mass is 9.80. The molecule has 0 atom stereocenters. The lowest BCUT2D eigenvalue weighted by Crippen LogP contribution is -2.21. The molecule has 4 aromatic carbocycles. The first-order chi connectivity index (χ1) is 11.7. The van der Waals surface area contributed by atoms with Crippen molar-refractivity contribution < 1.29 is 9.59 Å². The van der Waals surface area contributed by atoms with Crippen LogP contribution in [0.2, 0.25) is 0 Å². The van der Waals surface area contributed by atoms with E-state index in [9.17, 15) is 9.59 Å². The Kier molecular flexibility index (Phi) is 2.54. The van der Waals surface area contributed by atoms with E-state index in [1.165, 1.54) is 0 Å². The van der Waals surface area contributed by atoms with E-state index in [1.54, 1.807) is 6.07 Å². The average Bonchev–Trinajstić information content (AvgIpc) is 2.64. The van der Waals surface area contributed by atoms with Gasteiger partial charge in [0.05, 0.1) is 0 Å². The minimum atomic E-state index is -0.0730. The van der Waals surface area contributed by atoms with Crippen LogP contribution < -0.4 is 0 Å². The largest absolute Gasteiger partial charge is 0.289 e. The molecule has 0 spiro atoms. The fourth-order valence-electron chi connectivity index (χ4n) is 3.60. The molecule has 2 heteroatoms. The summed E-state index contributed by atoms with van der Waals surface area (Å²) in [4.78, 5) is 26.1. The zero-order chi connectivity index (χ0) is 16.3. The number of carbonyl (C=O) groups is 2. The molecule has 0 amide bonds. The molecule has 0 bridgehead atoms. The zero-order valence-corrected chi connectivity index (χ0v) is 12.7.